The van der Waals surface area contributed by atoms with E-state index in [2.05, 4.69) is 24.6 Å². The molecule has 0 unspecified atom stereocenters. The highest BCUT2D eigenvalue weighted by Crippen LogP contribution is 2.48. The molecule has 0 spiro atoms. The zero-order valence-electron chi connectivity index (χ0n) is 18.3. The second-order valence-corrected chi connectivity index (χ2v) is 10.5. The number of hydrogen-bond acceptors (Lipinski definition) is 9. The number of anilines is 3. The Labute approximate surface area is 206 Å². The number of carbonyl (C=O) groups excluding carboxylic acids is 1. The monoisotopic (exact) mass is 524 g/mol. The van der Waals surface area contributed by atoms with E-state index in [0.717, 1.165) is 17.7 Å². The van der Waals surface area contributed by atoms with Crippen molar-refractivity contribution in [1.82, 2.24) is 19.3 Å². The van der Waals surface area contributed by atoms with E-state index in [1.54, 1.807) is 30.3 Å². The molecule has 2 aliphatic rings. The SMILES string of the molecule is O=C(Cc1ccc(Sc2nc(Nc3ncns3)cc(N3CC(F)(C4CC4)C3)n2)cc1)CC(F)(F)F. The maximum absolute atomic E-state index is 14.9. The van der Waals surface area contributed by atoms with Gasteiger partial charge in [0.15, 0.2) is 5.16 Å². The van der Waals surface area contributed by atoms with Crippen LogP contribution in [-0.4, -0.2) is 50.0 Å². The van der Waals surface area contributed by atoms with Gasteiger partial charge in [0.1, 0.15) is 35.8 Å². The first kappa shape index (κ1) is 23.9. The quantitative estimate of drug-likeness (QED) is 0.301. The lowest BCUT2D eigenvalue weighted by Crippen LogP contribution is -2.60. The molecule has 5 rings (SSSR count). The third-order valence-corrected chi connectivity index (χ3v) is 7.21. The number of nitrogens with one attached hydrogen (secondary N) is 1. The van der Waals surface area contributed by atoms with Gasteiger partial charge in [-0.15, -0.1) is 0 Å². The van der Waals surface area contributed by atoms with Gasteiger partial charge >= 0.3 is 6.18 Å². The molecule has 1 aromatic carbocycles. The molecule has 1 saturated carbocycles. The lowest BCUT2D eigenvalue weighted by molar-refractivity contribution is -0.151. The number of aromatic nitrogens is 4. The summed E-state index contributed by atoms with van der Waals surface area (Å²) in [6.07, 6.45) is -2.95. The third kappa shape index (κ3) is 6.07. The van der Waals surface area contributed by atoms with E-state index in [1.807, 2.05) is 4.90 Å². The van der Waals surface area contributed by atoms with Crippen LogP contribution in [0.5, 0.6) is 0 Å². The predicted octanol–water partition coefficient (Wildman–Crippen LogP) is 5.23. The molecule has 0 radical (unpaired) electrons. The summed E-state index contributed by atoms with van der Waals surface area (Å²) >= 11 is 2.43. The molecule has 35 heavy (non-hydrogen) atoms. The fraction of sp³-hybridized carbons (Fsp3) is 0.409. The summed E-state index contributed by atoms with van der Waals surface area (Å²) in [6.45, 7) is 0.579. The first-order valence-electron chi connectivity index (χ1n) is 10.9. The highest BCUT2D eigenvalue weighted by Gasteiger charge is 2.54. The number of Topliss-reactive ketones (excluding diaryl/α,β-unsaturated/α-hetero) is 1. The highest BCUT2D eigenvalue weighted by atomic mass is 32.2. The van der Waals surface area contributed by atoms with Crippen molar-refractivity contribution in [1.29, 1.82) is 0 Å². The van der Waals surface area contributed by atoms with Gasteiger partial charge in [-0.25, -0.2) is 19.3 Å². The van der Waals surface area contributed by atoms with E-state index in [1.165, 1.54) is 29.6 Å². The maximum Gasteiger partial charge on any atom is 0.395 e. The summed E-state index contributed by atoms with van der Waals surface area (Å²) in [7, 11) is 0. The van der Waals surface area contributed by atoms with Crippen molar-refractivity contribution >= 4 is 45.8 Å². The molecule has 0 bridgehead atoms. The van der Waals surface area contributed by atoms with Crippen LogP contribution < -0.4 is 10.2 Å². The standard InChI is InChI=1S/C22H20F4N6OS2/c23-21(14-3-4-14)10-32(11-21)18-8-17(29-19-27-12-28-35-19)30-20(31-18)34-16-5-1-13(2-6-16)7-15(33)9-22(24,25)26/h1-2,5-6,8,12,14H,3-4,7,9-11H2,(H,27,28,29,30,31). The Kier molecular flexibility index (Phi) is 6.38. The number of rotatable bonds is 9. The second kappa shape index (κ2) is 9.34. The molecule has 2 fully saturated rings. The molecular weight excluding hydrogens is 504 g/mol. The van der Waals surface area contributed by atoms with Gasteiger partial charge in [-0.05, 0) is 48.2 Å². The minimum atomic E-state index is -4.51. The van der Waals surface area contributed by atoms with Crippen LogP contribution in [0.3, 0.4) is 0 Å². The van der Waals surface area contributed by atoms with Crippen molar-refractivity contribution < 1.29 is 22.4 Å². The fourth-order valence-corrected chi connectivity index (χ4v) is 5.13. The van der Waals surface area contributed by atoms with E-state index < -0.39 is 24.0 Å². The number of ketones is 1. The Balaban J connectivity index is 1.30. The number of alkyl halides is 4. The molecule has 184 valence electrons. The molecule has 1 N–H and O–H groups in total. The van der Waals surface area contributed by atoms with Gasteiger partial charge in [-0.1, -0.05) is 12.1 Å². The van der Waals surface area contributed by atoms with E-state index in [0.29, 0.717) is 27.5 Å². The van der Waals surface area contributed by atoms with Crippen molar-refractivity contribution in [2.75, 3.05) is 23.3 Å². The lowest BCUT2D eigenvalue weighted by Gasteiger charge is -2.45. The van der Waals surface area contributed by atoms with E-state index in [9.17, 15) is 22.4 Å². The third-order valence-electron chi connectivity index (χ3n) is 5.76. The van der Waals surface area contributed by atoms with Gasteiger partial charge in [-0.3, -0.25) is 4.79 Å². The normalized spacial score (nSPS) is 17.2. The first-order chi connectivity index (χ1) is 16.6. The Hall–Kier alpha value is -2.80. The Morgan fingerprint density at radius 2 is 1.94 bits per heavy atom. The molecular formula is C22H20F4N6OS2. The zero-order chi connectivity index (χ0) is 24.6. The van der Waals surface area contributed by atoms with Crippen molar-refractivity contribution in [3.8, 4) is 0 Å². The summed E-state index contributed by atoms with van der Waals surface area (Å²) in [5.41, 5.74) is -0.665. The average Bonchev–Trinajstić information content (AvgIpc) is 3.49. The van der Waals surface area contributed by atoms with Crippen LogP contribution >= 0.6 is 23.3 Å². The maximum atomic E-state index is 14.9. The minimum Gasteiger partial charge on any atom is -0.350 e. The number of nitrogens with zero attached hydrogens (tertiary/aromatic N) is 5. The summed E-state index contributed by atoms with van der Waals surface area (Å²) in [5.74, 6) is 0.338. The molecule has 7 nitrogen and oxygen atoms in total. The van der Waals surface area contributed by atoms with Crippen LogP contribution in [0.2, 0.25) is 0 Å². The Morgan fingerprint density at radius 3 is 2.57 bits per heavy atom. The van der Waals surface area contributed by atoms with Gasteiger partial charge in [0.25, 0.3) is 0 Å². The number of carbonyl (C=O) groups is 1. The molecule has 2 aromatic heterocycles. The molecule has 0 atom stereocenters. The predicted molar refractivity (Wildman–Crippen MR) is 124 cm³/mol. The highest BCUT2D eigenvalue weighted by molar-refractivity contribution is 7.99. The fourth-order valence-electron chi connectivity index (χ4n) is 3.93. The van der Waals surface area contributed by atoms with Crippen LogP contribution in [-0.2, 0) is 11.2 Å². The minimum absolute atomic E-state index is 0.134. The summed E-state index contributed by atoms with van der Waals surface area (Å²) in [5, 5.41) is 4.06. The van der Waals surface area contributed by atoms with Crippen LogP contribution in [0.1, 0.15) is 24.8 Å². The van der Waals surface area contributed by atoms with Crippen LogP contribution in [0.25, 0.3) is 0 Å². The molecule has 1 saturated heterocycles. The number of benzene rings is 1. The van der Waals surface area contributed by atoms with E-state index in [4.69, 9.17) is 0 Å². The van der Waals surface area contributed by atoms with Crippen molar-refractivity contribution in [3.05, 3.63) is 42.2 Å². The summed E-state index contributed by atoms with van der Waals surface area (Å²) < 4.78 is 56.0. The van der Waals surface area contributed by atoms with E-state index in [-0.39, 0.29) is 25.4 Å². The Bertz CT molecular complexity index is 1200. The second-order valence-electron chi connectivity index (χ2n) is 8.68. The lowest BCUT2D eigenvalue weighted by atomic mass is 9.91. The van der Waals surface area contributed by atoms with Crippen molar-refractivity contribution in [3.63, 3.8) is 0 Å². The van der Waals surface area contributed by atoms with Gasteiger partial charge in [0.2, 0.25) is 5.13 Å². The van der Waals surface area contributed by atoms with Gasteiger partial charge in [0, 0.05) is 28.9 Å². The Morgan fingerprint density at radius 1 is 1.20 bits per heavy atom. The largest absolute Gasteiger partial charge is 0.395 e. The van der Waals surface area contributed by atoms with Crippen LogP contribution in [0.15, 0.2) is 46.7 Å². The smallest absolute Gasteiger partial charge is 0.350 e. The van der Waals surface area contributed by atoms with Gasteiger partial charge in [0.05, 0.1) is 13.1 Å². The van der Waals surface area contributed by atoms with Crippen molar-refractivity contribution in [2.45, 2.75) is 47.6 Å². The van der Waals surface area contributed by atoms with Crippen molar-refractivity contribution in [2.24, 2.45) is 5.92 Å². The summed E-state index contributed by atoms with van der Waals surface area (Å²) in [4.78, 5) is 27.5. The first-order valence-corrected chi connectivity index (χ1v) is 12.5. The molecule has 3 aromatic rings. The van der Waals surface area contributed by atoms with Crippen LogP contribution in [0, 0.1) is 5.92 Å². The molecule has 3 heterocycles. The number of hydrogen-bond donors (Lipinski definition) is 1. The molecule has 1 aliphatic heterocycles. The number of halogens is 4. The van der Waals surface area contributed by atoms with Gasteiger partial charge < -0.3 is 10.2 Å². The van der Waals surface area contributed by atoms with Crippen LogP contribution in [0.4, 0.5) is 34.3 Å². The molecule has 13 heteroatoms. The molecule has 0 amide bonds. The topological polar surface area (TPSA) is 83.9 Å². The van der Waals surface area contributed by atoms with Gasteiger partial charge in [-0.2, -0.15) is 17.5 Å². The zero-order valence-corrected chi connectivity index (χ0v) is 19.9. The summed E-state index contributed by atoms with van der Waals surface area (Å²) in [6, 6.07) is 8.39. The molecule has 1 aliphatic carbocycles. The average molecular weight is 525 g/mol. The van der Waals surface area contributed by atoms with E-state index >= 15 is 0 Å².